The van der Waals surface area contributed by atoms with Gasteiger partial charge < -0.3 is 4.90 Å². The summed E-state index contributed by atoms with van der Waals surface area (Å²) in [6.45, 7) is 1.37. The van der Waals surface area contributed by atoms with Gasteiger partial charge in [0.05, 0.1) is 12.6 Å². The molecular formula is C10H14N4O. The van der Waals surface area contributed by atoms with Gasteiger partial charge in [0, 0.05) is 26.0 Å². The molecule has 0 radical (unpaired) electrons. The summed E-state index contributed by atoms with van der Waals surface area (Å²) in [5.41, 5.74) is 0. The van der Waals surface area contributed by atoms with Crippen LogP contribution < -0.4 is 5.32 Å². The minimum absolute atomic E-state index is 0.0705. The maximum atomic E-state index is 11.5. The monoisotopic (exact) mass is 206 g/mol. The van der Waals surface area contributed by atoms with Crippen LogP contribution in [0.5, 0.6) is 0 Å². The van der Waals surface area contributed by atoms with Crippen LogP contribution in [-0.2, 0) is 11.3 Å². The van der Waals surface area contributed by atoms with Gasteiger partial charge in [-0.3, -0.25) is 10.1 Å². The lowest BCUT2D eigenvalue weighted by atomic mass is 10.2. The van der Waals surface area contributed by atoms with Gasteiger partial charge in [-0.25, -0.2) is 9.97 Å². The zero-order valence-corrected chi connectivity index (χ0v) is 8.68. The molecule has 0 spiro atoms. The van der Waals surface area contributed by atoms with Crippen LogP contribution in [0.25, 0.3) is 0 Å². The predicted molar refractivity (Wildman–Crippen MR) is 54.9 cm³/mol. The Morgan fingerprint density at radius 3 is 2.87 bits per heavy atom. The van der Waals surface area contributed by atoms with Crippen LogP contribution in [0.15, 0.2) is 18.5 Å². The molecule has 80 valence electrons. The first-order valence-electron chi connectivity index (χ1n) is 5.01. The van der Waals surface area contributed by atoms with Crippen molar-refractivity contribution in [1.29, 1.82) is 0 Å². The van der Waals surface area contributed by atoms with Gasteiger partial charge >= 0.3 is 0 Å². The van der Waals surface area contributed by atoms with Gasteiger partial charge in [0.15, 0.2) is 0 Å². The van der Waals surface area contributed by atoms with Crippen LogP contribution in [0, 0.1) is 0 Å². The van der Waals surface area contributed by atoms with E-state index < -0.39 is 0 Å². The number of aromatic nitrogens is 2. The fourth-order valence-electron chi connectivity index (χ4n) is 1.65. The zero-order valence-electron chi connectivity index (χ0n) is 8.68. The molecule has 1 aromatic rings. The summed E-state index contributed by atoms with van der Waals surface area (Å²) in [6, 6.07) is 1.71. The highest BCUT2D eigenvalue weighted by atomic mass is 16.2. The van der Waals surface area contributed by atoms with E-state index in [1.165, 1.54) is 0 Å². The number of hydrogen-bond acceptors (Lipinski definition) is 4. The molecule has 5 heteroatoms. The molecular weight excluding hydrogens is 192 g/mol. The molecule has 0 bridgehead atoms. The van der Waals surface area contributed by atoms with Crippen molar-refractivity contribution in [2.24, 2.45) is 0 Å². The van der Waals surface area contributed by atoms with Crippen LogP contribution in [0.3, 0.4) is 0 Å². The fourth-order valence-corrected chi connectivity index (χ4v) is 1.65. The molecule has 0 saturated carbocycles. The Labute approximate surface area is 88.5 Å². The number of nitrogens with zero attached hydrogens (tertiary/aromatic N) is 3. The number of amides is 1. The highest BCUT2D eigenvalue weighted by Crippen LogP contribution is 2.08. The van der Waals surface area contributed by atoms with Crippen molar-refractivity contribution in [3.63, 3.8) is 0 Å². The first-order chi connectivity index (χ1) is 7.27. The van der Waals surface area contributed by atoms with Crippen LogP contribution in [0.1, 0.15) is 12.2 Å². The Balaban J connectivity index is 1.87. The van der Waals surface area contributed by atoms with E-state index in [9.17, 15) is 4.79 Å². The van der Waals surface area contributed by atoms with Crippen molar-refractivity contribution in [1.82, 2.24) is 20.2 Å². The highest BCUT2D eigenvalue weighted by molar-refractivity contribution is 5.83. The summed E-state index contributed by atoms with van der Waals surface area (Å²) < 4.78 is 0. The molecule has 2 rings (SSSR count). The maximum absolute atomic E-state index is 11.5. The lowest BCUT2D eigenvalue weighted by molar-refractivity contribution is -0.128. The van der Waals surface area contributed by atoms with Gasteiger partial charge in [-0.1, -0.05) is 0 Å². The first kappa shape index (κ1) is 10.0. The summed E-state index contributed by atoms with van der Waals surface area (Å²) in [4.78, 5) is 21.5. The van der Waals surface area contributed by atoms with E-state index >= 15 is 0 Å². The van der Waals surface area contributed by atoms with Crippen molar-refractivity contribution in [3.05, 3.63) is 24.3 Å². The van der Waals surface area contributed by atoms with E-state index in [0.29, 0.717) is 6.54 Å². The third-order valence-corrected chi connectivity index (χ3v) is 2.55. The summed E-state index contributed by atoms with van der Waals surface area (Å²) >= 11 is 0. The highest BCUT2D eigenvalue weighted by Gasteiger charge is 2.28. The molecule has 1 aliphatic rings. The third kappa shape index (κ3) is 2.30. The molecule has 1 unspecified atom stereocenters. The second kappa shape index (κ2) is 4.35. The topological polar surface area (TPSA) is 58.1 Å². The number of carbonyl (C=O) groups excluding carboxylic acids is 1. The summed E-state index contributed by atoms with van der Waals surface area (Å²) in [5, 5.41) is 3.16. The van der Waals surface area contributed by atoms with Gasteiger partial charge in [0.1, 0.15) is 5.82 Å². The SMILES string of the molecule is CN1CCC(NCc2ncccn2)C1=O. The number of hydrogen-bond donors (Lipinski definition) is 1. The van der Waals surface area contributed by atoms with Crippen LogP contribution in [0.2, 0.25) is 0 Å². The molecule has 0 aliphatic carbocycles. The number of carbonyl (C=O) groups is 1. The molecule has 1 fully saturated rings. The third-order valence-electron chi connectivity index (χ3n) is 2.55. The van der Waals surface area contributed by atoms with Crippen molar-refractivity contribution in [3.8, 4) is 0 Å². The Bertz CT molecular complexity index is 341. The molecule has 0 aromatic carbocycles. The molecule has 1 aromatic heterocycles. The average Bonchev–Trinajstić information content (AvgIpc) is 2.59. The average molecular weight is 206 g/mol. The summed E-state index contributed by atoms with van der Waals surface area (Å²) in [5.74, 6) is 0.880. The molecule has 1 amide bonds. The molecule has 1 aliphatic heterocycles. The standard InChI is InChI=1S/C10H14N4O/c1-14-6-3-8(10(14)15)13-7-9-11-4-2-5-12-9/h2,4-5,8,13H,3,6-7H2,1H3. The number of rotatable bonds is 3. The molecule has 1 N–H and O–H groups in total. The van der Waals surface area contributed by atoms with Gasteiger partial charge in [0.2, 0.25) is 5.91 Å². The van der Waals surface area contributed by atoms with Crippen molar-refractivity contribution >= 4 is 5.91 Å². The normalized spacial score (nSPS) is 21.0. The van der Waals surface area contributed by atoms with E-state index in [4.69, 9.17) is 0 Å². The van der Waals surface area contributed by atoms with Crippen LogP contribution in [-0.4, -0.2) is 40.4 Å². The van der Waals surface area contributed by atoms with Gasteiger partial charge in [-0.15, -0.1) is 0 Å². The quantitative estimate of drug-likeness (QED) is 0.744. The van der Waals surface area contributed by atoms with Gasteiger partial charge in [-0.2, -0.15) is 0 Å². The van der Waals surface area contributed by atoms with Crippen LogP contribution >= 0.6 is 0 Å². The van der Waals surface area contributed by atoms with E-state index in [0.717, 1.165) is 18.8 Å². The molecule has 15 heavy (non-hydrogen) atoms. The van der Waals surface area contributed by atoms with Crippen LogP contribution in [0.4, 0.5) is 0 Å². The Morgan fingerprint density at radius 2 is 2.27 bits per heavy atom. The van der Waals surface area contributed by atoms with E-state index in [1.807, 2.05) is 7.05 Å². The van der Waals surface area contributed by atoms with Crippen molar-refractivity contribution < 1.29 is 4.79 Å². The van der Waals surface area contributed by atoms with E-state index in [2.05, 4.69) is 15.3 Å². The molecule has 1 atom stereocenters. The largest absolute Gasteiger partial charge is 0.344 e. The van der Waals surface area contributed by atoms with Crippen molar-refractivity contribution in [2.75, 3.05) is 13.6 Å². The lowest BCUT2D eigenvalue weighted by Gasteiger charge is -2.11. The molecule has 2 heterocycles. The smallest absolute Gasteiger partial charge is 0.239 e. The van der Waals surface area contributed by atoms with Gasteiger partial charge in [-0.05, 0) is 12.5 Å². The molecule has 5 nitrogen and oxygen atoms in total. The number of likely N-dealkylation sites (N-methyl/N-ethyl adjacent to an activating group) is 1. The molecule has 1 saturated heterocycles. The minimum Gasteiger partial charge on any atom is -0.344 e. The fraction of sp³-hybridized carbons (Fsp3) is 0.500. The van der Waals surface area contributed by atoms with E-state index in [1.54, 1.807) is 23.4 Å². The Morgan fingerprint density at radius 1 is 1.53 bits per heavy atom. The van der Waals surface area contributed by atoms with Gasteiger partial charge in [0.25, 0.3) is 0 Å². The summed E-state index contributed by atoms with van der Waals surface area (Å²) in [7, 11) is 1.82. The number of nitrogens with one attached hydrogen (secondary N) is 1. The summed E-state index contributed by atoms with van der Waals surface area (Å²) in [6.07, 6.45) is 4.27. The van der Waals surface area contributed by atoms with Crippen molar-refractivity contribution in [2.45, 2.75) is 19.0 Å². The maximum Gasteiger partial charge on any atom is 0.239 e. The second-order valence-corrected chi connectivity index (χ2v) is 3.65. The Hall–Kier alpha value is -1.49. The second-order valence-electron chi connectivity index (χ2n) is 3.65. The number of likely N-dealkylation sites (tertiary alicyclic amines) is 1. The minimum atomic E-state index is -0.0705. The Kier molecular flexibility index (Phi) is 2.91. The van der Waals surface area contributed by atoms with E-state index in [-0.39, 0.29) is 11.9 Å². The lowest BCUT2D eigenvalue weighted by Crippen LogP contribution is -2.36. The predicted octanol–water partition coefficient (Wildman–Crippen LogP) is -0.203. The zero-order chi connectivity index (χ0) is 10.7. The first-order valence-corrected chi connectivity index (χ1v) is 5.01.